The highest BCUT2D eigenvalue weighted by Crippen LogP contribution is 2.74. The van der Waals surface area contributed by atoms with Crippen molar-refractivity contribution in [3.8, 4) is 11.5 Å². The molecule has 0 aliphatic heterocycles. The van der Waals surface area contributed by atoms with Crippen molar-refractivity contribution < 1.29 is 59.9 Å². The van der Waals surface area contributed by atoms with Crippen LogP contribution >= 0.6 is 55.1 Å². The number of halogens is 6. The summed E-state index contributed by atoms with van der Waals surface area (Å²) in [6.07, 6.45) is 0. The topological polar surface area (TPSA) is 105 Å². The zero-order valence-electron chi connectivity index (χ0n) is 30.9. The van der Waals surface area contributed by atoms with E-state index in [9.17, 15) is 43.2 Å². The van der Waals surface area contributed by atoms with Crippen LogP contribution in [-0.2, 0) is 27.5 Å². The van der Waals surface area contributed by atoms with Crippen molar-refractivity contribution in [1.82, 2.24) is 0 Å². The molecule has 8 nitrogen and oxygen atoms in total. The van der Waals surface area contributed by atoms with Gasteiger partial charge in [0.1, 0.15) is 11.5 Å². The predicted molar refractivity (Wildman–Crippen MR) is 218 cm³/mol. The number of hydrogen-bond acceptors (Lipinski definition) is 11. The molecule has 0 fully saturated rings. The molecule has 0 spiro atoms. The van der Waals surface area contributed by atoms with Crippen molar-refractivity contribution in [2.24, 2.45) is 0 Å². The summed E-state index contributed by atoms with van der Waals surface area (Å²) in [7, 11) is -17.0. The number of thiophene rings is 2. The molecule has 0 atom stereocenters. The first-order valence-corrected chi connectivity index (χ1v) is 25.0. The Balaban J connectivity index is 1.51. The van der Waals surface area contributed by atoms with Gasteiger partial charge in [-0.05, 0) is 132 Å². The second kappa shape index (κ2) is 17.0. The van der Waals surface area contributed by atoms with Gasteiger partial charge in [-0.15, -0.1) is 22.7 Å². The van der Waals surface area contributed by atoms with E-state index in [2.05, 4.69) is 0 Å². The number of rotatable bonds is 14. The van der Waals surface area contributed by atoms with Gasteiger partial charge in [0.05, 0.1) is 31.1 Å². The van der Waals surface area contributed by atoms with Crippen molar-refractivity contribution in [2.45, 2.75) is 61.3 Å². The fourth-order valence-corrected chi connectivity index (χ4v) is 20.5. The molecular formula is C38H32F6O8S7. The third-order valence-electron chi connectivity index (χ3n) is 8.32. The number of alkyl halides is 6. The van der Waals surface area contributed by atoms with Crippen LogP contribution in [0.4, 0.5) is 26.3 Å². The van der Waals surface area contributed by atoms with Crippen LogP contribution in [0.15, 0.2) is 158 Å². The summed E-state index contributed by atoms with van der Waals surface area (Å²) in [6, 6.07) is 30.1. The minimum absolute atomic E-state index is 0.0840. The second-order valence-corrected chi connectivity index (χ2v) is 25.4. The van der Waals surface area contributed by atoms with Crippen LogP contribution in [0.2, 0.25) is 0 Å². The normalized spacial score (nSPS) is 13.6. The van der Waals surface area contributed by atoms with Crippen molar-refractivity contribution in [3.63, 3.8) is 0 Å². The summed E-state index contributed by atoms with van der Waals surface area (Å²) in [5, 5.41) is 0. The van der Waals surface area contributed by atoms with Gasteiger partial charge in [0.2, 0.25) is 0 Å². The number of benzene rings is 4. The average Bonchev–Trinajstić information content (AvgIpc) is 3.87. The number of methoxy groups -OCH3 is 2. The minimum atomic E-state index is -6.24. The first kappa shape index (κ1) is 44.9. The molecule has 2 heterocycles. The van der Waals surface area contributed by atoms with Gasteiger partial charge in [0.25, 0.3) is 0 Å². The molecule has 59 heavy (non-hydrogen) atoms. The van der Waals surface area contributed by atoms with Crippen molar-refractivity contribution >= 4 is 75.3 Å². The molecule has 0 radical (unpaired) electrons. The monoisotopic (exact) mass is 954 g/mol. The average molecular weight is 955 g/mol. The van der Waals surface area contributed by atoms with Gasteiger partial charge < -0.3 is 9.47 Å². The van der Waals surface area contributed by atoms with Gasteiger partial charge >= 0.3 is 31.3 Å². The van der Waals surface area contributed by atoms with Crippen molar-refractivity contribution in [2.75, 3.05) is 14.2 Å². The van der Waals surface area contributed by atoms with Crippen LogP contribution in [0.3, 0.4) is 0 Å². The molecule has 316 valence electrons. The van der Waals surface area contributed by atoms with E-state index in [-0.39, 0.29) is 28.0 Å². The van der Waals surface area contributed by atoms with E-state index in [1.54, 1.807) is 50.2 Å². The molecule has 0 bridgehead atoms. The molecule has 0 saturated heterocycles. The molecule has 0 N–H and O–H groups in total. The number of hydrogen-bond donors (Lipinski definition) is 0. The third kappa shape index (κ3) is 9.03. The Hall–Kier alpha value is -3.67. The Morgan fingerprint density at radius 2 is 0.746 bits per heavy atom. The highest BCUT2D eigenvalue weighted by Gasteiger charge is 2.54. The summed E-state index contributed by atoms with van der Waals surface area (Å²) >= 11 is 2.98. The van der Waals surface area contributed by atoms with E-state index in [0.29, 0.717) is 19.9 Å². The van der Waals surface area contributed by atoms with Crippen LogP contribution in [0.25, 0.3) is 0 Å². The lowest BCUT2D eigenvalue weighted by Gasteiger charge is -2.38. The molecule has 21 heteroatoms. The maximum Gasteiger partial charge on any atom is 0.524 e. The van der Waals surface area contributed by atoms with E-state index < -0.39 is 51.9 Å². The molecule has 0 unspecified atom stereocenters. The standard InChI is InChI=1S/C38H32F6O8S7/c1-25-5-13-29(14-6-25)56(30-15-7-26(2)8-16-30,51-58(45,46)37(39,40)41)35-23-21-33(54-35)53-34-22-24-36(55-34)57(52-59(47,48)38(42,43)44,31-17-9-27(49-3)10-18-31)32-19-11-28(50-4)12-20-32/h5-24H,1-4H3. The Morgan fingerprint density at radius 3 is 1.02 bits per heavy atom. The Labute approximate surface area is 352 Å². The maximum atomic E-state index is 14.1. The Morgan fingerprint density at radius 1 is 0.458 bits per heavy atom. The summed E-state index contributed by atoms with van der Waals surface area (Å²) in [5.41, 5.74) is -10.0. The molecule has 0 aliphatic rings. The van der Waals surface area contributed by atoms with E-state index in [4.69, 9.17) is 16.7 Å². The summed E-state index contributed by atoms with van der Waals surface area (Å²) in [6.45, 7) is 3.52. The van der Waals surface area contributed by atoms with Gasteiger partial charge in [-0.3, -0.25) is 0 Å². The Bertz CT molecular complexity index is 2530. The first-order valence-electron chi connectivity index (χ1n) is 16.7. The molecule has 0 saturated carbocycles. The highest BCUT2D eigenvalue weighted by atomic mass is 32.3. The van der Waals surface area contributed by atoms with Crippen molar-refractivity contribution in [1.29, 1.82) is 0 Å². The van der Waals surface area contributed by atoms with Crippen LogP contribution in [-0.4, -0.2) is 42.1 Å². The first-order chi connectivity index (χ1) is 27.6. The molecule has 4 aromatic carbocycles. The summed E-state index contributed by atoms with van der Waals surface area (Å²) < 4.78 is 159. The second-order valence-electron chi connectivity index (χ2n) is 12.3. The lowest BCUT2D eigenvalue weighted by Crippen LogP contribution is -2.27. The lowest BCUT2D eigenvalue weighted by molar-refractivity contribution is -0.0501. The Kier molecular flexibility index (Phi) is 12.9. The van der Waals surface area contributed by atoms with Crippen LogP contribution in [0, 0.1) is 13.8 Å². The van der Waals surface area contributed by atoms with E-state index in [1.165, 1.54) is 99.1 Å². The van der Waals surface area contributed by atoms with Crippen LogP contribution in [0.1, 0.15) is 11.1 Å². The predicted octanol–water partition coefficient (Wildman–Crippen LogP) is 12.7. The molecule has 2 aromatic heterocycles. The van der Waals surface area contributed by atoms with Gasteiger partial charge in [-0.2, -0.15) is 50.4 Å². The van der Waals surface area contributed by atoms with Gasteiger partial charge in [-0.1, -0.05) is 47.2 Å². The van der Waals surface area contributed by atoms with Gasteiger partial charge in [0, 0.05) is 19.6 Å². The fourth-order valence-electron chi connectivity index (χ4n) is 5.43. The number of ether oxygens (including phenoxy) is 2. The molecule has 6 rings (SSSR count). The smallest absolute Gasteiger partial charge is 0.497 e. The maximum absolute atomic E-state index is 14.1. The zero-order valence-corrected chi connectivity index (χ0v) is 36.7. The van der Waals surface area contributed by atoms with E-state index in [1.807, 2.05) is 0 Å². The SMILES string of the molecule is COc1ccc(S(OS(=O)(=O)C(F)(F)F)(c2ccc(OC)cc2)c2ccc(Sc3ccc(S(OS(=O)(=O)C(F)(F)F)(c4ccc(C)cc4)c4ccc(C)cc4)s3)s2)cc1. The molecule has 6 aromatic rings. The van der Waals surface area contributed by atoms with Gasteiger partial charge in [-0.25, -0.2) is 0 Å². The quantitative estimate of drug-likeness (QED) is 0.0779. The molecule has 0 aliphatic carbocycles. The third-order valence-corrected chi connectivity index (χ3v) is 22.6. The van der Waals surface area contributed by atoms with Crippen molar-refractivity contribution in [3.05, 3.63) is 132 Å². The van der Waals surface area contributed by atoms with Crippen LogP contribution in [0.5, 0.6) is 11.5 Å². The van der Waals surface area contributed by atoms with Gasteiger partial charge in [0.15, 0.2) is 0 Å². The molecular weight excluding hydrogens is 923 g/mol. The molecule has 0 amide bonds. The summed E-state index contributed by atoms with van der Waals surface area (Å²) in [4.78, 5) is 0.514. The number of aryl methyl sites for hydroxylation is 2. The minimum Gasteiger partial charge on any atom is -0.497 e. The largest absolute Gasteiger partial charge is 0.524 e. The van der Waals surface area contributed by atoms with E-state index in [0.717, 1.165) is 45.6 Å². The van der Waals surface area contributed by atoms with E-state index >= 15 is 0 Å². The van der Waals surface area contributed by atoms with Crippen LogP contribution < -0.4 is 9.47 Å². The lowest BCUT2D eigenvalue weighted by atomic mass is 10.2. The highest BCUT2D eigenvalue weighted by molar-refractivity contribution is 8.34. The summed E-state index contributed by atoms with van der Waals surface area (Å²) in [5.74, 6) is 0.681. The fraction of sp³-hybridized carbons (Fsp3) is 0.158. The zero-order chi connectivity index (χ0) is 43.0.